The van der Waals surface area contributed by atoms with E-state index in [0.717, 1.165) is 4.31 Å². The summed E-state index contributed by atoms with van der Waals surface area (Å²) >= 11 is 3.26. The highest BCUT2D eigenvalue weighted by atomic mass is 79.9. The van der Waals surface area contributed by atoms with Gasteiger partial charge in [-0.05, 0) is 35.9 Å². The number of rotatable bonds is 6. The first-order chi connectivity index (χ1) is 11.3. The smallest absolute Gasteiger partial charge is 0.244 e. The monoisotopic (exact) mass is 415 g/mol. The van der Waals surface area contributed by atoms with Gasteiger partial charge >= 0.3 is 0 Å². The maximum absolute atomic E-state index is 13.2. The zero-order valence-corrected chi connectivity index (χ0v) is 15.1. The van der Waals surface area contributed by atoms with E-state index in [-0.39, 0.29) is 18.0 Å². The van der Waals surface area contributed by atoms with Crippen molar-refractivity contribution in [1.82, 2.24) is 14.6 Å². The lowest BCUT2D eigenvalue weighted by Crippen LogP contribution is -2.38. The zero-order valence-electron chi connectivity index (χ0n) is 12.7. The molecule has 9 heteroatoms. The summed E-state index contributed by atoms with van der Waals surface area (Å²) in [5.74, 6) is -0.917. The van der Waals surface area contributed by atoms with E-state index < -0.39 is 21.7 Å². The molecule has 24 heavy (non-hydrogen) atoms. The van der Waals surface area contributed by atoms with Crippen LogP contribution in [0.2, 0.25) is 0 Å². The number of pyridine rings is 1. The minimum Gasteiger partial charge on any atom is -0.351 e. The minimum atomic E-state index is -3.79. The molecule has 0 spiro atoms. The molecule has 1 N–H and O–H groups in total. The number of carbonyl (C=O) groups excluding carboxylic acids is 1. The Balaban J connectivity index is 1.98. The fourth-order valence-corrected chi connectivity index (χ4v) is 3.37. The van der Waals surface area contributed by atoms with E-state index in [4.69, 9.17) is 0 Å². The molecule has 0 atom stereocenters. The summed E-state index contributed by atoms with van der Waals surface area (Å²) in [6, 6.07) is 7.03. The Morgan fingerprint density at radius 1 is 1.38 bits per heavy atom. The first-order valence-corrected chi connectivity index (χ1v) is 9.11. The Hall–Kier alpha value is -1.84. The van der Waals surface area contributed by atoms with Crippen LogP contribution in [0.1, 0.15) is 5.56 Å². The van der Waals surface area contributed by atoms with Gasteiger partial charge < -0.3 is 5.32 Å². The fraction of sp³-hybridized carbons (Fsp3) is 0.200. The van der Waals surface area contributed by atoms with Crippen LogP contribution in [0.25, 0.3) is 0 Å². The second-order valence-corrected chi connectivity index (χ2v) is 7.86. The quantitative estimate of drug-likeness (QED) is 0.781. The lowest BCUT2D eigenvalue weighted by Gasteiger charge is -2.16. The van der Waals surface area contributed by atoms with Gasteiger partial charge in [-0.2, -0.15) is 4.31 Å². The van der Waals surface area contributed by atoms with Crippen molar-refractivity contribution in [2.75, 3.05) is 13.6 Å². The van der Waals surface area contributed by atoms with Crippen LogP contribution >= 0.6 is 15.9 Å². The molecule has 1 amide bonds. The van der Waals surface area contributed by atoms with Gasteiger partial charge in [0.2, 0.25) is 15.9 Å². The molecule has 1 aromatic carbocycles. The van der Waals surface area contributed by atoms with Gasteiger partial charge in [0, 0.05) is 30.5 Å². The van der Waals surface area contributed by atoms with E-state index in [2.05, 4.69) is 26.2 Å². The predicted molar refractivity (Wildman–Crippen MR) is 90.0 cm³/mol. The number of aromatic nitrogens is 1. The third-order valence-electron chi connectivity index (χ3n) is 3.19. The number of hydrogen-bond donors (Lipinski definition) is 1. The lowest BCUT2D eigenvalue weighted by atomic mass is 10.2. The predicted octanol–water partition coefficient (Wildman–Crippen LogP) is 1.92. The van der Waals surface area contributed by atoms with Crippen LogP contribution in [-0.2, 0) is 21.4 Å². The van der Waals surface area contributed by atoms with Crippen LogP contribution in [0.5, 0.6) is 0 Å². The van der Waals surface area contributed by atoms with Gasteiger partial charge in [-0.25, -0.2) is 12.8 Å². The van der Waals surface area contributed by atoms with Crippen molar-refractivity contribution in [1.29, 1.82) is 0 Å². The summed E-state index contributed by atoms with van der Waals surface area (Å²) in [5, 5.41) is 2.56. The third kappa shape index (κ3) is 4.59. The molecule has 0 unspecified atom stereocenters. The molecule has 1 heterocycles. The van der Waals surface area contributed by atoms with Gasteiger partial charge in [-0.1, -0.05) is 15.9 Å². The van der Waals surface area contributed by atoms with Crippen LogP contribution in [0.3, 0.4) is 0 Å². The Bertz CT molecular complexity index is 831. The first kappa shape index (κ1) is 18.5. The van der Waals surface area contributed by atoms with E-state index >= 15 is 0 Å². The van der Waals surface area contributed by atoms with Crippen LogP contribution < -0.4 is 5.32 Å². The summed E-state index contributed by atoms with van der Waals surface area (Å²) in [4.78, 5) is 15.7. The molecule has 2 rings (SSSR count). The van der Waals surface area contributed by atoms with E-state index in [0.29, 0.717) is 10.0 Å². The van der Waals surface area contributed by atoms with Crippen molar-refractivity contribution >= 4 is 31.9 Å². The van der Waals surface area contributed by atoms with Gasteiger partial charge in [0.1, 0.15) is 10.7 Å². The average molecular weight is 416 g/mol. The maximum atomic E-state index is 13.2. The number of likely N-dealkylation sites (N-methyl/N-ethyl adjacent to an activating group) is 1. The number of sulfonamides is 1. The van der Waals surface area contributed by atoms with Gasteiger partial charge in [-0.15, -0.1) is 0 Å². The van der Waals surface area contributed by atoms with Crippen molar-refractivity contribution in [3.63, 3.8) is 0 Å². The third-order valence-corrected chi connectivity index (χ3v) is 5.75. The fourth-order valence-electron chi connectivity index (χ4n) is 1.90. The first-order valence-electron chi connectivity index (χ1n) is 6.87. The van der Waals surface area contributed by atoms with Gasteiger partial charge in [0.15, 0.2) is 0 Å². The van der Waals surface area contributed by atoms with E-state index in [1.807, 2.05) is 0 Å². The molecular weight excluding hydrogens is 401 g/mol. The molecule has 0 radical (unpaired) electrons. The van der Waals surface area contributed by atoms with Gasteiger partial charge in [-0.3, -0.25) is 9.78 Å². The Kier molecular flexibility index (Phi) is 6.03. The minimum absolute atomic E-state index is 0.00757. The van der Waals surface area contributed by atoms with Crippen LogP contribution in [0.4, 0.5) is 4.39 Å². The van der Waals surface area contributed by atoms with Gasteiger partial charge in [0.25, 0.3) is 0 Å². The highest BCUT2D eigenvalue weighted by molar-refractivity contribution is 9.10. The second-order valence-electron chi connectivity index (χ2n) is 4.96. The zero-order chi connectivity index (χ0) is 17.7. The summed E-state index contributed by atoms with van der Waals surface area (Å²) in [6.07, 6.45) is 2.68. The molecule has 0 aliphatic rings. The van der Waals surface area contributed by atoms with E-state index in [1.54, 1.807) is 0 Å². The number of nitrogens with one attached hydrogen (secondary N) is 1. The van der Waals surface area contributed by atoms with Crippen LogP contribution in [-0.4, -0.2) is 37.2 Å². The van der Waals surface area contributed by atoms with Crippen molar-refractivity contribution in [3.05, 3.63) is 58.6 Å². The SMILES string of the molecule is CN(CC(=O)NCc1cc(F)ccc1Br)S(=O)(=O)c1cccnc1. The number of halogens is 2. The van der Waals surface area contributed by atoms with Crippen LogP contribution in [0, 0.1) is 5.82 Å². The highest BCUT2D eigenvalue weighted by Crippen LogP contribution is 2.17. The standard InChI is InChI=1S/C15H15BrFN3O3S/c1-20(24(22,23)13-3-2-6-18-9-13)10-15(21)19-8-11-7-12(17)4-5-14(11)16/h2-7,9H,8,10H2,1H3,(H,19,21). The topological polar surface area (TPSA) is 79.4 Å². The largest absolute Gasteiger partial charge is 0.351 e. The molecule has 0 aliphatic heterocycles. The second kappa shape index (κ2) is 7.82. The Morgan fingerprint density at radius 3 is 2.79 bits per heavy atom. The van der Waals surface area contributed by atoms with Crippen LogP contribution in [0.15, 0.2) is 52.1 Å². The molecule has 1 aromatic heterocycles. The Morgan fingerprint density at radius 2 is 2.12 bits per heavy atom. The number of benzene rings is 1. The molecular formula is C15H15BrFN3O3S. The molecule has 0 bridgehead atoms. The normalized spacial score (nSPS) is 11.5. The maximum Gasteiger partial charge on any atom is 0.244 e. The molecule has 0 saturated heterocycles. The highest BCUT2D eigenvalue weighted by Gasteiger charge is 2.23. The molecule has 0 saturated carbocycles. The molecule has 0 aliphatic carbocycles. The average Bonchev–Trinajstić information content (AvgIpc) is 2.56. The lowest BCUT2D eigenvalue weighted by molar-refractivity contribution is -0.121. The summed E-state index contributed by atoms with van der Waals surface area (Å²) < 4.78 is 39.4. The van der Waals surface area contributed by atoms with Crippen molar-refractivity contribution in [2.45, 2.75) is 11.4 Å². The van der Waals surface area contributed by atoms with Crippen molar-refractivity contribution in [2.24, 2.45) is 0 Å². The number of carbonyl (C=O) groups is 1. The molecule has 0 fully saturated rings. The number of amides is 1. The molecule has 128 valence electrons. The van der Waals surface area contributed by atoms with Gasteiger partial charge in [0.05, 0.1) is 6.54 Å². The summed E-state index contributed by atoms with van der Waals surface area (Å²) in [7, 11) is -2.49. The summed E-state index contributed by atoms with van der Waals surface area (Å²) in [6.45, 7) is -0.276. The summed E-state index contributed by atoms with van der Waals surface area (Å²) in [5.41, 5.74) is 0.557. The van der Waals surface area contributed by atoms with Crippen molar-refractivity contribution < 1.29 is 17.6 Å². The Labute approximate surface area is 147 Å². The number of nitrogens with zero attached hydrogens (tertiary/aromatic N) is 2. The molecule has 2 aromatic rings. The van der Waals surface area contributed by atoms with Crippen molar-refractivity contribution in [3.8, 4) is 0 Å². The molecule has 6 nitrogen and oxygen atoms in total. The van der Waals surface area contributed by atoms with E-state index in [9.17, 15) is 17.6 Å². The van der Waals surface area contributed by atoms with E-state index in [1.165, 1.54) is 49.8 Å². The number of hydrogen-bond acceptors (Lipinski definition) is 4.